The Morgan fingerprint density at radius 1 is 1.36 bits per heavy atom. The lowest BCUT2D eigenvalue weighted by Crippen LogP contribution is -2.24. The van der Waals surface area contributed by atoms with E-state index in [-0.39, 0.29) is 0 Å². The molecule has 0 aliphatic rings. The van der Waals surface area contributed by atoms with E-state index in [0.29, 0.717) is 0 Å². The van der Waals surface area contributed by atoms with Gasteiger partial charge in [-0.15, -0.1) is 0 Å². The van der Waals surface area contributed by atoms with Gasteiger partial charge in [0.05, 0.1) is 13.2 Å². The van der Waals surface area contributed by atoms with Gasteiger partial charge >= 0.3 is 6.18 Å². The molecule has 0 unspecified atom stereocenters. The molecule has 0 amide bonds. The first kappa shape index (κ1) is 10.7. The van der Waals surface area contributed by atoms with Gasteiger partial charge in [-0.2, -0.15) is 13.2 Å². The molecule has 0 spiro atoms. The Morgan fingerprint density at radius 3 is 2.27 bits per heavy atom. The molecule has 0 bridgehead atoms. The summed E-state index contributed by atoms with van der Waals surface area (Å²) in [5.41, 5.74) is 0. The molecule has 0 radical (unpaired) electrons. The molecule has 0 aliphatic carbocycles. The van der Waals surface area contributed by atoms with Gasteiger partial charge in [-0.05, 0) is 0 Å². The molecule has 0 aliphatic heterocycles. The standard InChI is InChI=1S/C5H9F3O3/c6-5(7,8)3-11-2-4(10)1-9/h4,9-10H,1-3H2/t4-/m0/s1. The van der Waals surface area contributed by atoms with E-state index >= 15 is 0 Å². The number of aliphatic hydroxyl groups excluding tert-OH is 2. The van der Waals surface area contributed by atoms with Crippen LogP contribution in [-0.2, 0) is 4.74 Å². The third kappa shape index (κ3) is 7.57. The number of aliphatic hydroxyl groups is 2. The summed E-state index contributed by atoms with van der Waals surface area (Å²) in [6.07, 6.45) is -5.62. The van der Waals surface area contributed by atoms with Crippen molar-refractivity contribution in [2.75, 3.05) is 19.8 Å². The fourth-order valence-corrected chi connectivity index (χ4v) is 0.363. The maximum Gasteiger partial charge on any atom is 0.411 e. The number of halogens is 3. The topological polar surface area (TPSA) is 49.7 Å². The van der Waals surface area contributed by atoms with E-state index < -0.39 is 32.1 Å². The summed E-state index contributed by atoms with van der Waals surface area (Å²) in [5.74, 6) is 0. The van der Waals surface area contributed by atoms with Crippen LogP contribution in [0.1, 0.15) is 0 Å². The summed E-state index contributed by atoms with van der Waals surface area (Å²) in [6, 6.07) is 0. The lowest BCUT2D eigenvalue weighted by Gasteiger charge is -2.09. The van der Waals surface area contributed by atoms with Gasteiger partial charge in [0, 0.05) is 0 Å². The largest absolute Gasteiger partial charge is 0.411 e. The van der Waals surface area contributed by atoms with Gasteiger partial charge < -0.3 is 14.9 Å². The molecule has 0 heterocycles. The Balaban J connectivity index is 3.28. The third-order valence-electron chi connectivity index (χ3n) is 0.787. The van der Waals surface area contributed by atoms with Gasteiger partial charge in [0.25, 0.3) is 0 Å². The number of hydrogen-bond acceptors (Lipinski definition) is 3. The predicted octanol–water partition coefficient (Wildman–Crippen LogP) is -0.0815. The van der Waals surface area contributed by atoms with E-state index in [1.54, 1.807) is 0 Å². The van der Waals surface area contributed by atoms with Crippen LogP contribution in [0.5, 0.6) is 0 Å². The van der Waals surface area contributed by atoms with Crippen molar-refractivity contribution in [2.24, 2.45) is 0 Å². The normalized spacial score (nSPS) is 15.0. The van der Waals surface area contributed by atoms with Gasteiger partial charge in [-0.1, -0.05) is 0 Å². The van der Waals surface area contributed by atoms with Crippen LogP contribution >= 0.6 is 0 Å². The molecule has 6 heteroatoms. The molecule has 0 saturated heterocycles. The molecule has 11 heavy (non-hydrogen) atoms. The highest BCUT2D eigenvalue weighted by Crippen LogP contribution is 2.14. The van der Waals surface area contributed by atoms with Gasteiger partial charge in [-0.25, -0.2) is 0 Å². The minimum Gasteiger partial charge on any atom is -0.394 e. The van der Waals surface area contributed by atoms with Crippen molar-refractivity contribution in [3.8, 4) is 0 Å². The third-order valence-corrected chi connectivity index (χ3v) is 0.787. The molecule has 0 aromatic heterocycles. The lowest BCUT2D eigenvalue weighted by atomic mass is 10.4. The maximum atomic E-state index is 11.3. The molecular formula is C5H9F3O3. The summed E-state index contributed by atoms with van der Waals surface area (Å²) in [5, 5.41) is 16.7. The van der Waals surface area contributed by atoms with Crippen LogP contribution < -0.4 is 0 Å². The zero-order chi connectivity index (χ0) is 8.91. The highest BCUT2D eigenvalue weighted by atomic mass is 19.4. The highest BCUT2D eigenvalue weighted by Gasteiger charge is 2.27. The van der Waals surface area contributed by atoms with Crippen LogP contribution in [0, 0.1) is 0 Å². The van der Waals surface area contributed by atoms with Gasteiger partial charge in [0.1, 0.15) is 12.7 Å². The Labute approximate surface area is 61.4 Å². The van der Waals surface area contributed by atoms with Crippen molar-refractivity contribution in [1.29, 1.82) is 0 Å². The van der Waals surface area contributed by atoms with E-state index in [1.165, 1.54) is 0 Å². The molecular weight excluding hydrogens is 165 g/mol. The fourth-order valence-electron chi connectivity index (χ4n) is 0.363. The fraction of sp³-hybridized carbons (Fsp3) is 1.00. The molecule has 0 saturated carbocycles. The van der Waals surface area contributed by atoms with E-state index in [9.17, 15) is 13.2 Å². The summed E-state index contributed by atoms with van der Waals surface area (Å²) in [4.78, 5) is 0. The van der Waals surface area contributed by atoms with E-state index in [2.05, 4.69) is 4.74 Å². The average molecular weight is 174 g/mol. The Bertz CT molecular complexity index is 104. The van der Waals surface area contributed by atoms with Gasteiger partial charge in [-0.3, -0.25) is 0 Å². The van der Waals surface area contributed by atoms with Crippen molar-refractivity contribution in [2.45, 2.75) is 12.3 Å². The SMILES string of the molecule is OC[C@H](O)COCC(F)(F)F. The van der Waals surface area contributed by atoms with Crippen LogP contribution in [-0.4, -0.2) is 42.3 Å². The molecule has 68 valence electrons. The first-order valence-corrected chi connectivity index (χ1v) is 2.89. The quantitative estimate of drug-likeness (QED) is 0.626. The van der Waals surface area contributed by atoms with E-state index in [1.807, 2.05) is 0 Å². The van der Waals surface area contributed by atoms with Gasteiger partial charge in [0.2, 0.25) is 0 Å². The highest BCUT2D eigenvalue weighted by molar-refractivity contribution is 4.51. The maximum absolute atomic E-state index is 11.3. The molecule has 0 aromatic carbocycles. The predicted molar refractivity (Wildman–Crippen MR) is 30.0 cm³/mol. The van der Waals surface area contributed by atoms with Crippen molar-refractivity contribution in [3.05, 3.63) is 0 Å². The first-order valence-electron chi connectivity index (χ1n) is 2.89. The van der Waals surface area contributed by atoms with Crippen LogP contribution in [0.2, 0.25) is 0 Å². The number of rotatable bonds is 4. The Kier molecular flexibility index (Phi) is 4.39. The lowest BCUT2D eigenvalue weighted by molar-refractivity contribution is -0.180. The van der Waals surface area contributed by atoms with Crippen LogP contribution in [0.4, 0.5) is 13.2 Å². The smallest absolute Gasteiger partial charge is 0.394 e. The Morgan fingerprint density at radius 2 is 1.91 bits per heavy atom. The zero-order valence-corrected chi connectivity index (χ0v) is 5.64. The van der Waals surface area contributed by atoms with Crippen molar-refractivity contribution >= 4 is 0 Å². The molecule has 0 fully saturated rings. The van der Waals surface area contributed by atoms with Crippen molar-refractivity contribution in [1.82, 2.24) is 0 Å². The van der Waals surface area contributed by atoms with Crippen molar-refractivity contribution < 1.29 is 28.1 Å². The summed E-state index contributed by atoms with van der Waals surface area (Å²) in [6.45, 7) is -2.50. The first-order chi connectivity index (χ1) is 4.95. The molecule has 0 aromatic rings. The average Bonchev–Trinajstić information content (AvgIpc) is 1.85. The molecule has 3 nitrogen and oxygen atoms in total. The number of alkyl halides is 3. The minimum absolute atomic E-state index is 0.504. The summed E-state index contributed by atoms with van der Waals surface area (Å²) < 4.78 is 38.0. The van der Waals surface area contributed by atoms with Crippen LogP contribution in [0.25, 0.3) is 0 Å². The van der Waals surface area contributed by atoms with Crippen LogP contribution in [0.3, 0.4) is 0 Å². The summed E-state index contributed by atoms with van der Waals surface area (Å²) >= 11 is 0. The molecule has 1 atom stereocenters. The number of hydrogen-bond donors (Lipinski definition) is 2. The number of ether oxygens (including phenoxy) is 1. The molecule has 2 N–H and O–H groups in total. The van der Waals surface area contributed by atoms with E-state index in [0.717, 1.165) is 0 Å². The minimum atomic E-state index is -4.38. The Hall–Kier alpha value is -0.330. The second-order valence-corrected chi connectivity index (χ2v) is 1.97. The second kappa shape index (κ2) is 4.53. The van der Waals surface area contributed by atoms with Crippen LogP contribution in [0.15, 0.2) is 0 Å². The molecule has 0 rings (SSSR count). The van der Waals surface area contributed by atoms with E-state index in [4.69, 9.17) is 10.2 Å². The van der Waals surface area contributed by atoms with Crippen molar-refractivity contribution in [3.63, 3.8) is 0 Å². The van der Waals surface area contributed by atoms with Gasteiger partial charge in [0.15, 0.2) is 0 Å². The monoisotopic (exact) mass is 174 g/mol. The second-order valence-electron chi connectivity index (χ2n) is 1.97. The zero-order valence-electron chi connectivity index (χ0n) is 5.64. The summed E-state index contributed by atoms with van der Waals surface area (Å²) in [7, 11) is 0.